The van der Waals surface area contributed by atoms with Gasteiger partial charge in [0.15, 0.2) is 6.61 Å². The van der Waals surface area contributed by atoms with Gasteiger partial charge in [0.1, 0.15) is 11.6 Å². The molecule has 22 heavy (non-hydrogen) atoms. The molecule has 0 radical (unpaired) electrons. The van der Waals surface area contributed by atoms with Gasteiger partial charge in [-0.15, -0.1) is 0 Å². The van der Waals surface area contributed by atoms with Crippen LogP contribution in [0.2, 0.25) is 0 Å². The van der Waals surface area contributed by atoms with E-state index in [1.807, 2.05) is 19.1 Å². The third kappa shape index (κ3) is 4.58. The molecule has 3 nitrogen and oxygen atoms in total. The third-order valence-corrected chi connectivity index (χ3v) is 3.43. The molecule has 2 rings (SSSR count). The summed E-state index contributed by atoms with van der Waals surface area (Å²) in [6.07, 6.45) is 0.989. The lowest BCUT2D eigenvalue weighted by atomic mass is 10.1. The molecule has 0 spiro atoms. The summed E-state index contributed by atoms with van der Waals surface area (Å²) in [7, 11) is 0. The fourth-order valence-electron chi connectivity index (χ4n) is 2.11. The van der Waals surface area contributed by atoms with Gasteiger partial charge in [-0.3, -0.25) is 4.79 Å². The smallest absolute Gasteiger partial charge is 0.258 e. The zero-order chi connectivity index (χ0) is 15.9. The summed E-state index contributed by atoms with van der Waals surface area (Å²) in [6, 6.07) is 13.8. The van der Waals surface area contributed by atoms with E-state index in [0.717, 1.165) is 12.0 Å². The van der Waals surface area contributed by atoms with Crippen molar-refractivity contribution in [3.8, 4) is 5.75 Å². The van der Waals surface area contributed by atoms with Gasteiger partial charge in [-0.05, 0) is 36.6 Å². The van der Waals surface area contributed by atoms with Crippen molar-refractivity contribution in [3.05, 3.63) is 65.5 Å². The van der Waals surface area contributed by atoms with Crippen molar-refractivity contribution in [1.29, 1.82) is 0 Å². The van der Waals surface area contributed by atoms with Crippen molar-refractivity contribution in [2.24, 2.45) is 0 Å². The first-order valence-corrected chi connectivity index (χ1v) is 7.35. The maximum Gasteiger partial charge on any atom is 0.258 e. The molecule has 2 aromatic rings. The standard InChI is InChI=1S/C18H20FNO2/c1-3-14-7-9-15(10-8-14)13(2)20-18(21)12-22-17-6-4-5-16(19)11-17/h4-11,13H,3,12H2,1-2H3,(H,20,21). The number of rotatable bonds is 6. The zero-order valence-corrected chi connectivity index (χ0v) is 12.8. The molecule has 0 aliphatic carbocycles. The first-order chi connectivity index (χ1) is 10.6. The van der Waals surface area contributed by atoms with Gasteiger partial charge in [0.05, 0.1) is 6.04 Å². The largest absolute Gasteiger partial charge is 0.484 e. The summed E-state index contributed by atoms with van der Waals surface area (Å²) in [5.41, 5.74) is 2.30. The molecule has 1 atom stereocenters. The zero-order valence-electron chi connectivity index (χ0n) is 12.8. The summed E-state index contributed by atoms with van der Waals surface area (Å²) in [5, 5.41) is 2.86. The van der Waals surface area contributed by atoms with E-state index >= 15 is 0 Å². The summed E-state index contributed by atoms with van der Waals surface area (Å²) in [6.45, 7) is 3.88. The number of carbonyl (C=O) groups is 1. The molecular formula is C18H20FNO2. The SMILES string of the molecule is CCc1ccc(C(C)NC(=O)COc2cccc(F)c2)cc1. The predicted molar refractivity (Wildman–Crippen MR) is 84.3 cm³/mol. The van der Waals surface area contributed by atoms with Crippen LogP contribution in [0.3, 0.4) is 0 Å². The van der Waals surface area contributed by atoms with Gasteiger partial charge in [0.25, 0.3) is 5.91 Å². The fraction of sp³-hybridized carbons (Fsp3) is 0.278. The number of hydrogen-bond donors (Lipinski definition) is 1. The van der Waals surface area contributed by atoms with Gasteiger partial charge in [0.2, 0.25) is 0 Å². The lowest BCUT2D eigenvalue weighted by Gasteiger charge is -2.15. The monoisotopic (exact) mass is 301 g/mol. The molecule has 1 unspecified atom stereocenters. The molecule has 1 amide bonds. The van der Waals surface area contributed by atoms with Crippen LogP contribution in [0.5, 0.6) is 5.75 Å². The predicted octanol–water partition coefficient (Wildman–Crippen LogP) is 3.64. The van der Waals surface area contributed by atoms with Crippen molar-refractivity contribution in [3.63, 3.8) is 0 Å². The van der Waals surface area contributed by atoms with E-state index in [9.17, 15) is 9.18 Å². The number of nitrogens with one attached hydrogen (secondary N) is 1. The number of hydrogen-bond acceptors (Lipinski definition) is 2. The van der Waals surface area contributed by atoms with Crippen LogP contribution < -0.4 is 10.1 Å². The minimum absolute atomic E-state index is 0.102. The van der Waals surface area contributed by atoms with Crippen molar-refractivity contribution < 1.29 is 13.9 Å². The maximum atomic E-state index is 13.0. The number of benzene rings is 2. The lowest BCUT2D eigenvalue weighted by Crippen LogP contribution is -2.31. The highest BCUT2D eigenvalue weighted by Gasteiger charge is 2.10. The first-order valence-electron chi connectivity index (χ1n) is 7.35. The second kappa shape index (κ2) is 7.59. The molecule has 116 valence electrons. The first kappa shape index (κ1) is 16.0. The van der Waals surface area contributed by atoms with E-state index < -0.39 is 0 Å². The Morgan fingerprint density at radius 1 is 1.23 bits per heavy atom. The van der Waals surface area contributed by atoms with E-state index in [2.05, 4.69) is 24.4 Å². The van der Waals surface area contributed by atoms with Gasteiger partial charge in [0, 0.05) is 6.07 Å². The van der Waals surface area contributed by atoms with Crippen LogP contribution >= 0.6 is 0 Å². The highest BCUT2D eigenvalue weighted by molar-refractivity contribution is 5.78. The Balaban J connectivity index is 1.85. The molecule has 1 N–H and O–H groups in total. The average molecular weight is 301 g/mol. The van der Waals surface area contributed by atoms with Crippen LogP contribution in [0, 0.1) is 5.82 Å². The van der Waals surface area contributed by atoms with Crippen molar-refractivity contribution >= 4 is 5.91 Å². The highest BCUT2D eigenvalue weighted by Crippen LogP contribution is 2.14. The molecule has 4 heteroatoms. The second-order valence-corrected chi connectivity index (χ2v) is 5.13. The van der Waals surface area contributed by atoms with Crippen LogP contribution in [0.15, 0.2) is 48.5 Å². The van der Waals surface area contributed by atoms with Crippen molar-refractivity contribution in [1.82, 2.24) is 5.32 Å². The van der Waals surface area contributed by atoms with E-state index in [1.54, 1.807) is 12.1 Å². The van der Waals surface area contributed by atoms with Crippen LogP contribution in [-0.4, -0.2) is 12.5 Å². The molecule has 2 aromatic carbocycles. The Labute approximate surface area is 130 Å². The Hall–Kier alpha value is -2.36. The van der Waals surface area contributed by atoms with Crippen LogP contribution in [0.25, 0.3) is 0 Å². The normalized spacial score (nSPS) is 11.8. The Bertz CT molecular complexity index is 625. The second-order valence-electron chi connectivity index (χ2n) is 5.13. The van der Waals surface area contributed by atoms with Crippen molar-refractivity contribution in [2.45, 2.75) is 26.3 Å². The van der Waals surface area contributed by atoms with Crippen molar-refractivity contribution in [2.75, 3.05) is 6.61 Å². The van der Waals surface area contributed by atoms with Crippen LogP contribution in [-0.2, 0) is 11.2 Å². The van der Waals surface area contributed by atoms with Crippen LogP contribution in [0.1, 0.15) is 31.0 Å². The van der Waals surface area contributed by atoms with Gasteiger partial charge < -0.3 is 10.1 Å². The molecule has 0 heterocycles. The minimum atomic E-state index is -0.387. The molecular weight excluding hydrogens is 281 g/mol. The quantitative estimate of drug-likeness (QED) is 0.884. The van der Waals surface area contributed by atoms with Gasteiger partial charge in [-0.1, -0.05) is 37.3 Å². The fourth-order valence-corrected chi connectivity index (χ4v) is 2.11. The molecule has 0 bridgehead atoms. The summed E-state index contributed by atoms with van der Waals surface area (Å²) in [5.74, 6) is -0.284. The Kier molecular flexibility index (Phi) is 5.53. The summed E-state index contributed by atoms with van der Waals surface area (Å²) < 4.78 is 18.3. The van der Waals surface area contributed by atoms with E-state index in [4.69, 9.17) is 4.74 Å². The number of ether oxygens (including phenoxy) is 1. The molecule has 0 aliphatic rings. The minimum Gasteiger partial charge on any atom is -0.484 e. The average Bonchev–Trinajstić information content (AvgIpc) is 2.53. The Morgan fingerprint density at radius 2 is 1.95 bits per heavy atom. The molecule has 0 saturated carbocycles. The topological polar surface area (TPSA) is 38.3 Å². The molecule has 0 aromatic heterocycles. The maximum absolute atomic E-state index is 13.0. The Morgan fingerprint density at radius 3 is 2.59 bits per heavy atom. The molecule has 0 saturated heterocycles. The van der Waals surface area contributed by atoms with Crippen LogP contribution in [0.4, 0.5) is 4.39 Å². The summed E-state index contributed by atoms with van der Waals surface area (Å²) >= 11 is 0. The molecule has 0 fully saturated rings. The van der Waals surface area contributed by atoms with Gasteiger partial charge in [-0.2, -0.15) is 0 Å². The molecule has 0 aliphatic heterocycles. The summed E-state index contributed by atoms with van der Waals surface area (Å²) in [4.78, 5) is 11.9. The number of halogens is 1. The number of carbonyl (C=O) groups excluding carboxylic acids is 1. The van der Waals surface area contributed by atoms with Gasteiger partial charge >= 0.3 is 0 Å². The van der Waals surface area contributed by atoms with Gasteiger partial charge in [-0.25, -0.2) is 4.39 Å². The lowest BCUT2D eigenvalue weighted by molar-refractivity contribution is -0.123. The highest BCUT2D eigenvalue weighted by atomic mass is 19.1. The number of amides is 1. The van der Waals surface area contributed by atoms with E-state index in [-0.39, 0.29) is 24.4 Å². The van der Waals surface area contributed by atoms with E-state index in [0.29, 0.717) is 5.75 Å². The third-order valence-electron chi connectivity index (χ3n) is 3.43. The number of aryl methyl sites for hydroxylation is 1. The van der Waals surface area contributed by atoms with E-state index in [1.165, 1.54) is 17.7 Å².